The first kappa shape index (κ1) is 29.0. The number of aryl methyl sites for hydroxylation is 1. The first-order chi connectivity index (χ1) is 19.9. The first-order valence-electron chi connectivity index (χ1n) is 15.1. The number of halogens is 1. The minimum Gasteiger partial charge on any atom is -0.389 e. The first-order valence-corrected chi connectivity index (χ1v) is 15.5. The predicted octanol–water partition coefficient (Wildman–Crippen LogP) is 4.44. The molecule has 2 aromatic heterocycles. The zero-order chi connectivity index (χ0) is 30.0. The van der Waals surface area contributed by atoms with Gasteiger partial charge in [-0.05, 0) is 77.5 Å². The number of carbonyl (C=O) groups is 1. The summed E-state index contributed by atoms with van der Waals surface area (Å²) < 4.78 is 2.18. The number of carbonyl (C=O) groups excluding carboxylic acids is 1. The number of H-pyrrole nitrogens is 1. The molecule has 1 aliphatic carbocycles. The lowest BCUT2D eigenvalue weighted by molar-refractivity contribution is -0.127. The fraction of sp³-hybridized carbons (Fsp3) is 0.581. The van der Waals surface area contributed by atoms with E-state index in [1.54, 1.807) is 0 Å². The Kier molecular flexibility index (Phi) is 7.30. The number of aromatic nitrogens is 4. The van der Waals surface area contributed by atoms with Gasteiger partial charge in [0.2, 0.25) is 5.91 Å². The monoisotopic (exact) mass is 594 g/mol. The molecule has 1 spiro atoms. The molecule has 2 saturated heterocycles. The molecular formula is C31H43ClN8O2. The van der Waals surface area contributed by atoms with E-state index in [0.717, 1.165) is 84.4 Å². The smallest absolute Gasteiger partial charge is 0.245 e. The number of piperazine rings is 1. The number of piperidine rings is 1. The lowest BCUT2D eigenvalue weighted by Crippen LogP contribution is -2.67. The summed E-state index contributed by atoms with van der Waals surface area (Å²) in [5, 5.41) is 24.9. The summed E-state index contributed by atoms with van der Waals surface area (Å²) >= 11 is 7.16. The third-order valence-corrected chi connectivity index (χ3v) is 10.0. The number of nitrogens with one attached hydrogen (secondary N) is 1. The number of nitrogens with two attached hydrogens (primary N) is 1. The van der Waals surface area contributed by atoms with E-state index >= 15 is 0 Å². The van der Waals surface area contributed by atoms with Crippen LogP contribution in [0.4, 0.5) is 11.6 Å². The van der Waals surface area contributed by atoms with Crippen LogP contribution < -0.4 is 10.6 Å². The molecule has 4 heterocycles. The van der Waals surface area contributed by atoms with Crippen LogP contribution in [-0.2, 0) is 4.79 Å². The average molecular weight is 595 g/mol. The maximum absolute atomic E-state index is 12.3. The van der Waals surface area contributed by atoms with E-state index in [1.165, 1.54) is 12.5 Å². The third kappa shape index (κ3) is 4.87. The van der Waals surface area contributed by atoms with Gasteiger partial charge in [0.05, 0.1) is 33.1 Å². The Morgan fingerprint density at radius 1 is 1.24 bits per heavy atom. The summed E-state index contributed by atoms with van der Waals surface area (Å²) in [5.41, 5.74) is 10.4. The zero-order valence-electron chi connectivity index (χ0n) is 25.2. The molecule has 0 bridgehead atoms. The molecule has 0 atom stereocenters. The van der Waals surface area contributed by atoms with E-state index in [2.05, 4.69) is 38.2 Å². The second-order valence-corrected chi connectivity index (χ2v) is 13.5. The molecule has 4 N–H and O–H groups in total. The van der Waals surface area contributed by atoms with Crippen LogP contribution in [0.25, 0.3) is 22.0 Å². The largest absolute Gasteiger partial charge is 0.389 e. The van der Waals surface area contributed by atoms with Gasteiger partial charge in [0, 0.05) is 56.1 Å². The molecule has 42 heavy (non-hydrogen) atoms. The van der Waals surface area contributed by atoms with Gasteiger partial charge in [-0.2, -0.15) is 10.2 Å². The quantitative estimate of drug-likeness (QED) is 0.361. The van der Waals surface area contributed by atoms with Crippen LogP contribution in [0, 0.1) is 13.8 Å². The Labute approximate surface area is 252 Å². The van der Waals surface area contributed by atoms with Gasteiger partial charge in [0.25, 0.3) is 0 Å². The van der Waals surface area contributed by atoms with Crippen LogP contribution in [0.2, 0.25) is 5.02 Å². The fourth-order valence-electron chi connectivity index (χ4n) is 7.44. The van der Waals surface area contributed by atoms with Crippen molar-refractivity contribution >= 4 is 40.0 Å². The fourth-order valence-corrected chi connectivity index (χ4v) is 7.69. The maximum Gasteiger partial charge on any atom is 0.245 e. The minimum atomic E-state index is -0.752. The molecule has 226 valence electrons. The van der Waals surface area contributed by atoms with Crippen molar-refractivity contribution in [2.75, 3.05) is 49.9 Å². The number of fused-ring (bicyclic) bond motifs is 1. The number of benzene rings is 1. The molecule has 11 heteroatoms. The van der Waals surface area contributed by atoms with E-state index in [-0.39, 0.29) is 17.5 Å². The SMILES string of the molecule is C=CC(=O)N1CCC(n2nc(N3CCN(CC(C)(C)O)CC34CCC4)c(-c3c(Cl)c(C)cc4[nH]nc(N)c34)c2C)CC1. The van der Waals surface area contributed by atoms with Crippen molar-refractivity contribution in [2.45, 2.75) is 77.0 Å². The van der Waals surface area contributed by atoms with Gasteiger partial charge in [-0.1, -0.05) is 18.2 Å². The van der Waals surface area contributed by atoms with Crippen LogP contribution in [0.15, 0.2) is 18.7 Å². The number of anilines is 2. The van der Waals surface area contributed by atoms with Crippen LogP contribution in [0.3, 0.4) is 0 Å². The second-order valence-electron chi connectivity index (χ2n) is 13.2. The van der Waals surface area contributed by atoms with Crippen molar-refractivity contribution in [1.29, 1.82) is 0 Å². The Balaban J connectivity index is 1.48. The van der Waals surface area contributed by atoms with Gasteiger partial charge in [-0.25, -0.2) is 0 Å². The summed E-state index contributed by atoms with van der Waals surface area (Å²) in [6.07, 6.45) is 6.35. The second kappa shape index (κ2) is 10.6. The third-order valence-electron chi connectivity index (χ3n) is 9.56. The number of nitrogens with zero attached hydrogens (tertiary/aromatic N) is 6. The van der Waals surface area contributed by atoms with Crippen molar-refractivity contribution in [3.63, 3.8) is 0 Å². The number of likely N-dealkylation sites (tertiary alicyclic amines) is 1. The van der Waals surface area contributed by atoms with Gasteiger partial charge >= 0.3 is 0 Å². The Bertz CT molecular complexity index is 1520. The molecule has 1 amide bonds. The lowest BCUT2D eigenvalue weighted by Gasteiger charge is -2.57. The van der Waals surface area contributed by atoms with Gasteiger partial charge in [-0.15, -0.1) is 0 Å². The van der Waals surface area contributed by atoms with Crippen LogP contribution in [0.1, 0.15) is 63.3 Å². The predicted molar refractivity (Wildman–Crippen MR) is 168 cm³/mol. The summed E-state index contributed by atoms with van der Waals surface area (Å²) in [7, 11) is 0. The Morgan fingerprint density at radius 3 is 2.57 bits per heavy atom. The molecule has 3 aliphatic rings. The number of β-amino-alcohol motifs (C(OH)–C–C–N with tert-alkyl or cyclic N) is 1. The number of hydrogen-bond donors (Lipinski definition) is 3. The van der Waals surface area contributed by atoms with Gasteiger partial charge < -0.3 is 20.6 Å². The summed E-state index contributed by atoms with van der Waals surface area (Å²) in [5.74, 6) is 1.34. The molecule has 3 aromatic rings. The number of amides is 1. The van der Waals surface area contributed by atoms with Gasteiger partial charge in [0.1, 0.15) is 0 Å². The molecule has 1 aromatic carbocycles. The molecule has 2 aliphatic heterocycles. The topological polar surface area (TPSA) is 120 Å². The molecule has 1 saturated carbocycles. The molecule has 6 rings (SSSR count). The molecule has 3 fully saturated rings. The van der Waals surface area contributed by atoms with Crippen molar-refractivity contribution in [2.24, 2.45) is 0 Å². The standard InChI is InChI=1S/C31H43ClN8O2/c1-6-23(41)38-12-8-21(9-13-38)40-20(3)24(26-25-22(34-35-28(25)33)16-19(2)27(26)32)29(36-40)39-15-14-37(17-30(4,5)42)18-31(39)10-7-11-31/h6,16,21,42H,1,7-15,17-18H2,2-5H3,(H3,33,34,35). The van der Waals surface area contributed by atoms with E-state index < -0.39 is 5.60 Å². The number of aliphatic hydroxyl groups is 1. The molecular weight excluding hydrogens is 552 g/mol. The highest BCUT2D eigenvalue weighted by Gasteiger charge is 2.49. The average Bonchev–Trinajstić information content (AvgIpc) is 3.46. The molecule has 10 nitrogen and oxygen atoms in total. The molecule has 0 radical (unpaired) electrons. The molecule has 0 unspecified atom stereocenters. The summed E-state index contributed by atoms with van der Waals surface area (Å²) in [6.45, 7) is 16.1. The van der Waals surface area contributed by atoms with E-state index in [1.807, 2.05) is 31.7 Å². The number of aromatic amines is 1. The van der Waals surface area contributed by atoms with Gasteiger partial charge in [-0.3, -0.25) is 19.5 Å². The summed E-state index contributed by atoms with van der Waals surface area (Å²) in [6, 6.07) is 2.15. The van der Waals surface area contributed by atoms with Crippen LogP contribution in [-0.4, -0.2) is 91.2 Å². The van der Waals surface area contributed by atoms with E-state index in [4.69, 9.17) is 22.4 Å². The van der Waals surface area contributed by atoms with Crippen LogP contribution in [0.5, 0.6) is 0 Å². The highest BCUT2D eigenvalue weighted by Crippen LogP contribution is 2.50. The van der Waals surface area contributed by atoms with E-state index in [9.17, 15) is 9.90 Å². The number of hydrogen-bond acceptors (Lipinski definition) is 7. The maximum atomic E-state index is 12.3. The van der Waals surface area contributed by atoms with Gasteiger partial charge in [0.15, 0.2) is 11.6 Å². The number of nitrogen functional groups attached to an aromatic ring is 1. The van der Waals surface area contributed by atoms with Crippen molar-refractivity contribution in [1.82, 2.24) is 29.8 Å². The highest BCUT2D eigenvalue weighted by molar-refractivity contribution is 6.36. The Hall–Kier alpha value is -3.08. The highest BCUT2D eigenvalue weighted by atomic mass is 35.5. The van der Waals surface area contributed by atoms with Crippen molar-refractivity contribution < 1.29 is 9.90 Å². The van der Waals surface area contributed by atoms with Crippen molar-refractivity contribution in [3.8, 4) is 11.1 Å². The zero-order valence-corrected chi connectivity index (χ0v) is 26.0. The summed E-state index contributed by atoms with van der Waals surface area (Å²) in [4.78, 5) is 19.1. The minimum absolute atomic E-state index is 0.0211. The van der Waals surface area contributed by atoms with Crippen LogP contribution >= 0.6 is 11.6 Å². The number of rotatable bonds is 6. The van der Waals surface area contributed by atoms with Crippen molar-refractivity contribution in [3.05, 3.63) is 35.0 Å². The van der Waals surface area contributed by atoms with E-state index in [0.29, 0.717) is 30.5 Å². The normalized spacial score (nSPS) is 20.0. The Morgan fingerprint density at radius 2 is 1.95 bits per heavy atom. The lowest BCUT2D eigenvalue weighted by atomic mass is 9.73.